The molecule has 0 radical (unpaired) electrons. The lowest BCUT2D eigenvalue weighted by molar-refractivity contribution is -0.131. The second-order valence-corrected chi connectivity index (χ2v) is 9.35. The molecule has 7 heteroatoms. The predicted octanol–water partition coefficient (Wildman–Crippen LogP) is 3.46. The number of hydrogen-bond acceptors (Lipinski definition) is 4. The fourth-order valence-corrected chi connectivity index (χ4v) is 4.88. The van der Waals surface area contributed by atoms with Crippen molar-refractivity contribution in [2.45, 2.75) is 70.9 Å². The number of hydrogen-bond donors (Lipinski definition) is 1. The number of carbonyl (C=O) groups is 2. The lowest BCUT2D eigenvalue weighted by Gasteiger charge is -2.23. The van der Waals surface area contributed by atoms with Crippen molar-refractivity contribution in [3.63, 3.8) is 0 Å². The average Bonchev–Trinajstić information content (AvgIpc) is 3.30. The fraction of sp³-hybridized carbons (Fsp3) is 0.462. The molecule has 3 heterocycles. The maximum Gasteiger partial charge on any atom is 0.227 e. The van der Waals surface area contributed by atoms with Crippen molar-refractivity contribution in [3.05, 3.63) is 64.6 Å². The van der Waals surface area contributed by atoms with Gasteiger partial charge in [0.05, 0.1) is 18.2 Å². The van der Waals surface area contributed by atoms with Crippen LogP contribution in [0.1, 0.15) is 66.4 Å². The number of aromatic nitrogens is 3. The molecule has 3 aromatic rings. The third kappa shape index (κ3) is 4.63. The zero-order chi connectivity index (χ0) is 22.9. The Labute approximate surface area is 194 Å². The van der Waals surface area contributed by atoms with E-state index in [0.29, 0.717) is 25.3 Å². The van der Waals surface area contributed by atoms with Crippen LogP contribution < -0.4 is 5.32 Å². The van der Waals surface area contributed by atoms with E-state index in [0.717, 1.165) is 66.1 Å². The molecule has 33 heavy (non-hydrogen) atoms. The maximum atomic E-state index is 13.1. The average molecular weight is 446 g/mol. The first kappa shape index (κ1) is 21.6. The molecule has 0 bridgehead atoms. The van der Waals surface area contributed by atoms with Crippen molar-refractivity contribution in [1.82, 2.24) is 24.8 Å². The van der Waals surface area contributed by atoms with Gasteiger partial charge in [0.15, 0.2) is 5.65 Å². The molecule has 1 atom stereocenters. The standard InChI is InChI=1S/C26H31N5O2/c1-17-21(12-13-25(32)28-20-10-11-20)18(2)31-24(27-17)16-22(29-31)23-9-6-14-30(23)26(33)15-19-7-4-3-5-8-19/h3-5,7-8,16,20,23H,6,9-15H2,1-2H3,(H,28,32)/t23-/m1/s1. The molecule has 1 N–H and O–H groups in total. The summed E-state index contributed by atoms with van der Waals surface area (Å²) in [5.41, 5.74) is 5.76. The van der Waals surface area contributed by atoms with E-state index in [4.69, 9.17) is 10.1 Å². The molecule has 0 spiro atoms. The highest BCUT2D eigenvalue weighted by atomic mass is 16.2. The molecule has 1 saturated heterocycles. The van der Waals surface area contributed by atoms with Crippen LogP contribution in [0.5, 0.6) is 0 Å². The van der Waals surface area contributed by atoms with E-state index < -0.39 is 0 Å². The van der Waals surface area contributed by atoms with Crippen molar-refractivity contribution >= 4 is 17.5 Å². The minimum Gasteiger partial charge on any atom is -0.353 e. The Bertz CT molecular complexity index is 1180. The van der Waals surface area contributed by atoms with Crippen LogP contribution in [0, 0.1) is 13.8 Å². The number of fused-ring (bicyclic) bond motifs is 1. The van der Waals surface area contributed by atoms with E-state index in [1.807, 2.05) is 59.7 Å². The van der Waals surface area contributed by atoms with E-state index in [1.165, 1.54) is 0 Å². The molecule has 0 unspecified atom stereocenters. The summed E-state index contributed by atoms with van der Waals surface area (Å²) in [5, 5.41) is 7.94. The van der Waals surface area contributed by atoms with Crippen LogP contribution in [0.3, 0.4) is 0 Å². The van der Waals surface area contributed by atoms with Gasteiger partial charge in [-0.05, 0) is 57.1 Å². The lowest BCUT2D eigenvalue weighted by atomic mass is 10.1. The van der Waals surface area contributed by atoms with Crippen LogP contribution in [-0.4, -0.2) is 43.9 Å². The Balaban J connectivity index is 1.35. The number of aryl methyl sites for hydroxylation is 2. The highest BCUT2D eigenvalue weighted by molar-refractivity contribution is 5.79. The van der Waals surface area contributed by atoms with Gasteiger partial charge in [-0.25, -0.2) is 9.50 Å². The second-order valence-electron chi connectivity index (χ2n) is 9.35. The summed E-state index contributed by atoms with van der Waals surface area (Å²) in [5.74, 6) is 0.250. The van der Waals surface area contributed by atoms with Crippen LogP contribution >= 0.6 is 0 Å². The number of rotatable bonds is 7. The largest absolute Gasteiger partial charge is 0.353 e. The van der Waals surface area contributed by atoms with Crippen LogP contribution in [0.25, 0.3) is 5.65 Å². The third-order valence-corrected chi connectivity index (χ3v) is 6.84. The van der Waals surface area contributed by atoms with Crippen molar-refractivity contribution < 1.29 is 9.59 Å². The van der Waals surface area contributed by atoms with Crippen molar-refractivity contribution in [3.8, 4) is 0 Å². The number of benzene rings is 1. The Morgan fingerprint density at radius 2 is 1.91 bits per heavy atom. The zero-order valence-electron chi connectivity index (χ0n) is 19.4. The maximum absolute atomic E-state index is 13.1. The second kappa shape index (κ2) is 8.96. The van der Waals surface area contributed by atoms with E-state index in [2.05, 4.69) is 5.32 Å². The zero-order valence-corrected chi connectivity index (χ0v) is 19.4. The van der Waals surface area contributed by atoms with E-state index in [9.17, 15) is 9.59 Å². The highest BCUT2D eigenvalue weighted by Crippen LogP contribution is 2.32. The van der Waals surface area contributed by atoms with Crippen LogP contribution in [-0.2, 0) is 22.4 Å². The molecule has 1 aliphatic heterocycles. The summed E-state index contributed by atoms with van der Waals surface area (Å²) in [6.45, 7) is 4.80. The van der Waals surface area contributed by atoms with Gasteiger partial charge in [-0.15, -0.1) is 0 Å². The van der Waals surface area contributed by atoms with E-state index >= 15 is 0 Å². The molecule has 7 nitrogen and oxygen atoms in total. The summed E-state index contributed by atoms with van der Waals surface area (Å²) in [4.78, 5) is 32.0. The van der Waals surface area contributed by atoms with Gasteiger partial charge < -0.3 is 10.2 Å². The first-order chi connectivity index (χ1) is 16.0. The van der Waals surface area contributed by atoms with Crippen LogP contribution in [0.4, 0.5) is 0 Å². The monoisotopic (exact) mass is 445 g/mol. The van der Waals surface area contributed by atoms with Crippen molar-refractivity contribution in [1.29, 1.82) is 0 Å². The molecule has 5 rings (SSSR count). The molecule has 1 aromatic carbocycles. The van der Waals surface area contributed by atoms with Crippen molar-refractivity contribution in [2.24, 2.45) is 0 Å². The minimum atomic E-state index is -0.0182. The van der Waals surface area contributed by atoms with Crippen LogP contribution in [0.2, 0.25) is 0 Å². The summed E-state index contributed by atoms with van der Waals surface area (Å²) in [7, 11) is 0. The molecule has 172 valence electrons. The number of carbonyl (C=O) groups excluding carboxylic acids is 2. The van der Waals surface area contributed by atoms with Crippen molar-refractivity contribution in [2.75, 3.05) is 6.54 Å². The number of nitrogens with zero attached hydrogens (tertiary/aromatic N) is 4. The van der Waals surface area contributed by atoms with E-state index in [-0.39, 0.29) is 17.9 Å². The van der Waals surface area contributed by atoms with Gasteiger partial charge in [0, 0.05) is 36.5 Å². The third-order valence-electron chi connectivity index (χ3n) is 6.84. The number of amides is 2. The van der Waals surface area contributed by atoms with Gasteiger partial charge in [0.2, 0.25) is 11.8 Å². The summed E-state index contributed by atoms with van der Waals surface area (Å²) in [6, 6.07) is 12.3. The SMILES string of the molecule is Cc1nc2cc([C@H]3CCCN3C(=O)Cc3ccccc3)nn2c(C)c1CCC(=O)NC1CC1. The smallest absolute Gasteiger partial charge is 0.227 e. The van der Waals surface area contributed by atoms with E-state index in [1.54, 1.807) is 0 Å². The van der Waals surface area contributed by atoms with Gasteiger partial charge in [-0.2, -0.15) is 5.10 Å². The molecule has 1 saturated carbocycles. The summed E-state index contributed by atoms with van der Waals surface area (Å²) < 4.78 is 1.88. The quantitative estimate of drug-likeness (QED) is 0.604. The molecule has 2 aliphatic rings. The Morgan fingerprint density at radius 1 is 1.12 bits per heavy atom. The Hall–Kier alpha value is -3.22. The molecule has 2 aromatic heterocycles. The topological polar surface area (TPSA) is 79.6 Å². The summed E-state index contributed by atoms with van der Waals surface area (Å²) in [6.07, 6.45) is 5.61. The first-order valence-electron chi connectivity index (χ1n) is 12.0. The fourth-order valence-electron chi connectivity index (χ4n) is 4.88. The van der Waals surface area contributed by atoms with Gasteiger partial charge in [-0.3, -0.25) is 9.59 Å². The summed E-state index contributed by atoms with van der Waals surface area (Å²) >= 11 is 0. The van der Waals surface area contributed by atoms with Gasteiger partial charge in [0.25, 0.3) is 0 Å². The predicted molar refractivity (Wildman–Crippen MR) is 126 cm³/mol. The van der Waals surface area contributed by atoms with Crippen LogP contribution in [0.15, 0.2) is 36.4 Å². The normalized spacial score (nSPS) is 18.1. The molecule has 2 amide bonds. The Kier molecular flexibility index (Phi) is 5.87. The molecular weight excluding hydrogens is 414 g/mol. The van der Waals surface area contributed by atoms with Gasteiger partial charge in [-0.1, -0.05) is 30.3 Å². The lowest BCUT2D eigenvalue weighted by Crippen LogP contribution is -2.32. The molecular formula is C26H31N5O2. The van der Waals surface area contributed by atoms with Gasteiger partial charge in [0.1, 0.15) is 0 Å². The minimum absolute atomic E-state index is 0.0182. The number of likely N-dealkylation sites (tertiary alicyclic amines) is 1. The Morgan fingerprint density at radius 3 is 2.67 bits per heavy atom. The molecule has 1 aliphatic carbocycles. The highest BCUT2D eigenvalue weighted by Gasteiger charge is 2.32. The number of nitrogens with one attached hydrogen (secondary N) is 1. The molecule has 2 fully saturated rings. The first-order valence-corrected chi connectivity index (χ1v) is 12.0. The van der Waals surface area contributed by atoms with Gasteiger partial charge >= 0.3 is 0 Å².